The molecule has 0 spiro atoms. The first-order valence-corrected chi connectivity index (χ1v) is 8.05. The molecule has 3 rings (SSSR count). The van der Waals surface area contributed by atoms with E-state index < -0.39 is 10.0 Å². The van der Waals surface area contributed by atoms with E-state index in [-0.39, 0.29) is 4.90 Å². The molecule has 0 radical (unpaired) electrons. The molecule has 0 saturated carbocycles. The Balaban J connectivity index is 1.96. The van der Waals surface area contributed by atoms with Crippen LogP contribution in [0.25, 0.3) is 11.0 Å². The highest BCUT2D eigenvalue weighted by Gasteiger charge is 2.15. The topological polar surface area (TPSA) is 74.8 Å². The maximum Gasteiger partial charge on any atom is 0.261 e. The monoisotopic (exact) mass is 321 g/mol. The van der Waals surface area contributed by atoms with Gasteiger partial charge in [-0.3, -0.25) is 4.72 Å². The van der Waals surface area contributed by atoms with Gasteiger partial charge in [-0.1, -0.05) is 17.7 Å². The van der Waals surface area contributed by atoms with Gasteiger partial charge >= 0.3 is 0 Å². The van der Waals surface area contributed by atoms with Crippen LogP contribution >= 0.6 is 11.6 Å². The van der Waals surface area contributed by atoms with Crippen molar-refractivity contribution in [2.75, 3.05) is 4.72 Å². The number of aromatic nitrogens is 2. The highest BCUT2D eigenvalue weighted by Crippen LogP contribution is 2.22. The van der Waals surface area contributed by atoms with Crippen LogP contribution in [0, 0.1) is 6.92 Å². The molecule has 0 fully saturated rings. The normalized spacial score (nSPS) is 11.7. The van der Waals surface area contributed by atoms with Crippen LogP contribution in [0.5, 0.6) is 0 Å². The van der Waals surface area contributed by atoms with Gasteiger partial charge in [-0.25, -0.2) is 13.4 Å². The Morgan fingerprint density at radius 1 is 1.19 bits per heavy atom. The Bertz CT molecular complexity index is 919. The van der Waals surface area contributed by atoms with E-state index in [1.165, 1.54) is 12.1 Å². The number of H-pyrrole nitrogens is 1. The summed E-state index contributed by atoms with van der Waals surface area (Å²) in [6, 6.07) is 11.3. The minimum absolute atomic E-state index is 0.121. The Labute approximate surface area is 127 Å². The van der Waals surface area contributed by atoms with Crippen molar-refractivity contribution in [2.24, 2.45) is 0 Å². The molecule has 0 aliphatic carbocycles. The van der Waals surface area contributed by atoms with Crippen LogP contribution in [0.1, 0.15) is 5.82 Å². The Kier molecular flexibility index (Phi) is 3.35. The van der Waals surface area contributed by atoms with Crippen molar-refractivity contribution >= 4 is 38.3 Å². The lowest BCUT2D eigenvalue weighted by Crippen LogP contribution is -2.12. The van der Waals surface area contributed by atoms with E-state index in [4.69, 9.17) is 11.6 Å². The third-order valence-corrected chi connectivity index (χ3v) is 4.57. The van der Waals surface area contributed by atoms with Crippen molar-refractivity contribution in [1.82, 2.24) is 9.97 Å². The molecule has 0 unspecified atom stereocenters. The second kappa shape index (κ2) is 5.05. The van der Waals surface area contributed by atoms with Crippen LogP contribution in [0.4, 0.5) is 5.69 Å². The van der Waals surface area contributed by atoms with Crippen LogP contribution < -0.4 is 4.72 Å². The summed E-state index contributed by atoms with van der Waals surface area (Å²) in [5, 5.41) is 0.373. The number of anilines is 1. The quantitative estimate of drug-likeness (QED) is 0.777. The average molecular weight is 322 g/mol. The summed E-state index contributed by atoms with van der Waals surface area (Å²) in [5.41, 5.74) is 2.03. The molecule has 2 aromatic carbocycles. The van der Waals surface area contributed by atoms with Gasteiger partial charge in [0.25, 0.3) is 10.0 Å². The van der Waals surface area contributed by atoms with Gasteiger partial charge in [0, 0.05) is 5.02 Å². The van der Waals surface area contributed by atoms with Gasteiger partial charge < -0.3 is 4.98 Å². The number of fused-ring (bicyclic) bond motifs is 1. The molecule has 0 saturated heterocycles. The standard InChI is InChI=1S/C14H12ClN3O2S/c1-9-16-13-6-5-11(8-14(13)17-9)18-21(19,20)12-4-2-3-10(15)7-12/h2-8,18H,1H3,(H,16,17). The van der Waals surface area contributed by atoms with Gasteiger partial charge in [0.2, 0.25) is 0 Å². The molecule has 0 bridgehead atoms. The van der Waals surface area contributed by atoms with Gasteiger partial charge in [-0.15, -0.1) is 0 Å². The Morgan fingerprint density at radius 3 is 2.76 bits per heavy atom. The molecule has 5 nitrogen and oxygen atoms in total. The van der Waals surface area contributed by atoms with E-state index >= 15 is 0 Å². The SMILES string of the molecule is Cc1nc2ccc(NS(=O)(=O)c3cccc(Cl)c3)cc2[nH]1. The molecule has 7 heteroatoms. The average Bonchev–Trinajstić information content (AvgIpc) is 2.77. The molecule has 1 aromatic heterocycles. The van der Waals surface area contributed by atoms with Gasteiger partial charge in [-0.2, -0.15) is 0 Å². The first kappa shape index (κ1) is 13.9. The first-order chi connectivity index (χ1) is 9.94. The second-order valence-electron chi connectivity index (χ2n) is 4.62. The fraction of sp³-hybridized carbons (Fsp3) is 0.0714. The highest BCUT2D eigenvalue weighted by molar-refractivity contribution is 7.92. The molecule has 0 aliphatic rings. The Morgan fingerprint density at radius 2 is 2.00 bits per heavy atom. The van der Waals surface area contributed by atoms with Crippen LogP contribution in [0.15, 0.2) is 47.4 Å². The maximum atomic E-state index is 12.3. The summed E-state index contributed by atoms with van der Waals surface area (Å²) in [6.45, 7) is 1.84. The number of aromatic amines is 1. The zero-order valence-corrected chi connectivity index (χ0v) is 12.7. The molecule has 2 N–H and O–H groups in total. The first-order valence-electron chi connectivity index (χ1n) is 6.19. The molecule has 0 atom stereocenters. The molecule has 0 amide bonds. The summed E-state index contributed by atoms with van der Waals surface area (Å²) in [7, 11) is -3.67. The number of sulfonamides is 1. The van der Waals surface area contributed by atoms with Crippen molar-refractivity contribution in [3.8, 4) is 0 Å². The van der Waals surface area contributed by atoms with Crippen molar-refractivity contribution in [2.45, 2.75) is 11.8 Å². The fourth-order valence-electron chi connectivity index (χ4n) is 2.05. The minimum Gasteiger partial charge on any atom is -0.342 e. The zero-order valence-electron chi connectivity index (χ0n) is 11.1. The summed E-state index contributed by atoms with van der Waals surface area (Å²) in [4.78, 5) is 7.46. The summed E-state index contributed by atoms with van der Waals surface area (Å²) < 4.78 is 27.1. The van der Waals surface area contributed by atoms with Crippen LogP contribution in [0.2, 0.25) is 5.02 Å². The van der Waals surface area contributed by atoms with Crippen LogP contribution in [-0.4, -0.2) is 18.4 Å². The molecule has 0 aliphatic heterocycles. The van der Waals surface area contributed by atoms with Crippen molar-refractivity contribution in [3.05, 3.63) is 53.3 Å². The van der Waals surface area contributed by atoms with Crippen molar-refractivity contribution in [3.63, 3.8) is 0 Å². The molecular formula is C14H12ClN3O2S. The Hall–Kier alpha value is -2.05. The summed E-state index contributed by atoms with van der Waals surface area (Å²) in [6.07, 6.45) is 0. The zero-order chi connectivity index (χ0) is 15.0. The van der Waals surface area contributed by atoms with Gasteiger partial charge in [0.1, 0.15) is 5.82 Å². The van der Waals surface area contributed by atoms with Crippen LogP contribution in [0.3, 0.4) is 0 Å². The number of rotatable bonds is 3. The van der Waals surface area contributed by atoms with E-state index in [2.05, 4.69) is 14.7 Å². The molecule has 3 aromatic rings. The number of aryl methyl sites for hydroxylation is 1. The van der Waals surface area contributed by atoms with E-state index in [9.17, 15) is 8.42 Å². The van der Waals surface area contributed by atoms with Gasteiger partial charge in [0.15, 0.2) is 0 Å². The number of imidazole rings is 1. The van der Waals surface area contributed by atoms with Crippen LogP contribution in [-0.2, 0) is 10.0 Å². The smallest absolute Gasteiger partial charge is 0.261 e. The number of hydrogen-bond acceptors (Lipinski definition) is 3. The largest absolute Gasteiger partial charge is 0.342 e. The maximum absolute atomic E-state index is 12.3. The summed E-state index contributed by atoms with van der Waals surface area (Å²) in [5.74, 6) is 0.778. The second-order valence-corrected chi connectivity index (χ2v) is 6.74. The van der Waals surface area contributed by atoms with E-state index in [1.807, 2.05) is 6.92 Å². The van der Waals surface area contributed by atoms with Crippen molar-refractivity contribution < 1.29 is 8.42 Å². The molecule has 21 heavy (non-hydrogen) atoms. The number of halogens is 1. The number of benzene rings is 2. The van der Waals surface area contributed by atoms with Gasteiger partial charge in [0.05, 0.1) is 21.6 Å². The lowest BCUT2D eigenvalue weighted by Gasteiger charge is -2.08. The third kappa shape index (κ3) is 2.86. The predicted molar refractivity (Wildman–Crippen MR) is 83.1 cm³/mol. The molecule has 1 heterocycles. The van der Waals surface area contributed by atoms with E-state index in [1.54, 1.807) is 30.3 Å². The van der Waals surface area contributed by atoms with Crippen molar-refractivity contribution in [1.29, 1.82) is 0 Å². The van der Waals surface area contributed by atoms with E-state index in [0.717, 1.165) is 16.9 Å². The van der Waals surface area contributed by atoms with E-state index in [0.29, 0.717) is 10.7 Å². The lowest BCUT2D eigenvalue weighted by molar-refractivity contribution is 0.601. The number of hydrogen-bond donors (Lipinski definition) is 2. The summed E-state index contributed by atoms with van der Waals surface area (Å²) >= 11 is 5.83. The molecular weight excluding hydrogens is 310 g/mol. The third-order valence-electron chi connectivity index (χ3n) is 2.96. The fourth-order valence-corrected chi connectivity index (χ4v) is 3.40. The number of nitrogens with one attached hydrogen (secondary N) is 2. The molecule has 108 valence electrons. The number of nitrogens with zero attached hydrogens (tertiary/aromatic N) is 1. The predicted octanol–water partition coefficient (Wildman–Crippen LogP) is 3.33. The minimum atomic E-state index is -3.67. The van der Waals surface area contributed by atoms with Gasteiger partial charge in [-0.05, 0) is 43.3 Å². The lowest BCUT2D eigenvalue weighted by atomic mass is 10.3. The highest BCUT2D eigenvalue weighted by atomic mass is 35.5.